The Morgan fingerprint density at radius 1 is 1.10 bits per heavy atom. The molecule has 0 radical (unpaired) electrons. The van der Waals surface area contributed by atoms with Gasteiger partial charge in [0.1, 0.15) is 5.75 Å². The number of aromatic nitrogens is 3. The average Bonchev–Trinajstić information content (AvgIpc) is 2.80. The third-order valence-electron chi connectivity index (χ3n) is 5.24. The van der Waals surface area contributed by atoms with E-state index in [1.807, 2.05) is 12.1 Å². The molecule has 1 N–H and O–H groups in total. The molecule has 0 bridgehead atoms. The summed E-state index contributed by atoms with van der Waals surface area (Å²) in [4.78, 5) is 27.5. The van der Waals surface area contributed by atoms with Crippen LogP contribution in [0.3, 0.4) is 0 Å². The summed E-state index contributed by atoms with van der Waals surface area (Å²) in [5, 5.41) is 2.89. The zero-order valence-electron chi connectivity index (χ0n) is 17.0. The number of nitrogens with one attached hydrogen (secondary N) is 1. The van der Waals surface area contributed by atoms with Gasteiger partial charge in [-0.1, -0.05) is 13.0 Å². The van der Waals surface area contributed by atoms with E-state index in [-0.39, 0.29) is 5.91 Å². The first-order chi connectivity index (χ1) is 14.7. The lowest BCUT2D eigenvalue weighted by molar-refractivity contribution is 0.0951. The maximum absolute atomic E-state index is 12.4. The lowest BCUT2D eigenvalue weighted by Crippen LogP contribution is -2.33. The van der Waals surface area contributed by atoms with Crippen molar-refractivity contribution in [2.75, 3.05) is 18.0 Å². The molecular formula is C23H25N5O2. The quantitative estimate of drug-likeness (QED) is 0.674. The highest BCUT2D eigenvalue weighted by Gasteiger charge is 2.21. The molecule has 0 spiro atoms. The highest BCUT2D eigenvalue weighted by molar-refractivity contribution is 5.94. The Balaban J connectivity index is 1.40. The van der Waals surface area contributed by atoms with Gasteiger partial charge in [-0.15, -0.1) is 0 Å². The Morgan fingerprint density at radius 2 is 1.87 bits per heavy atom. The molecule has 7 heteroatoms. The van der Waals surface area contributed by atoms with Crippen molar-refractivity contribution in [1.82, 2.24) is 20.3 Å². The molecule has 1 amide bonds. The van der Waals surface area contributed by atoms with Gasteiger partial charge in [0.05, 0.1) is 0 Å². The summed E-state index contributed by atoms with van der Waals surface area (Å²) >= 11 is 0. The van der Waals surface area contributed by atoms with Gasteiger partial charge in [0.15, 0.2) is 5.82 Å². The van der Waals surface area contributed by atoms with Crippen LogP contribution in [0.5, 0.6) is 11.6 Å². The number of benzene rings is 1. The number of piperidine rings is 1. The smallest absolute Gasteiger partial charge is 0.263 e. The number of hydrogen-bond donors (Lipinski definition) is 1. The van der Waals surface area contributed by atoms with Crippen LogP contribution in [-0.4, -0.2) is 33.9 Å². The Labute approximate surface area is 176 Å². The average molecular weight is 403 g/mol. The summed E-state index contributed by atoms with van der Waals surface area (Å²) in [6.07, 6.45) is 9.04. The monoisotopic (exact) mass is 403 g/mol. The summed E-state index contributed by atoms with van der Waals surface area (Å²) in [6.45, 7) is 4.61. The fourth-order valence-corrected chi connectivity index (χ4v) is 3.40. The van der Waals surface area contributed by atoms with Crippen LogP contribution in [0.25, 0.3) is 0 Å². The molecule has 0 aliphatic carbocycles. The third-order valence-corrected chi connectivity index (χ3v) is 5.24. The van der Waals surface area contributed by atoms with Gasteiger partial charge >= 0.3 is 0 Å². The standard InChI is InChI=1S/C23H25N5O2/c1-17-8-13-28(14-9-17)21-23(26-12-11-25-21)30-20-6-4-19(5-7-20)22(29)27-16-18-3-2-10-24-15-18/h2-7,10-12,15,17H,8-9,13-14,16H2,1H3,(H,27,29). The van der Waals surface area contributed by atoms with E-state index in [1.165, 1.54) is 0 Å². The Bertz CT molecular complexity index is 970. The molecule has 0 unspecified atom stereocenters. The van der Waals surface area contributed by atoms with E-state index in [0.29, 0.717) is 23.7 Å². The fourth-order valence-electron chi connectivity index (χ4n) is 3.40. The Morgan fingerprint density at radius 3 is 2.60 bits per heavy atom. The van der Waals surface area contributed by atoms with Crippen molar-refractivity contribution in [3.63, 3.8) is 0 Å². The molecular weight excluding hydrogens is 378 g/mol. The van der Waals surface area contributed by atoms with Crippen molar-refractivity contribution >= 4 is 11.7 Å². The van der Waals surface area contributed by atoms with Crippen LogP contribution in [0.4, 0.5) is 5.82 Å². The molecule has 3 heterocycles. The highest BCUT2D eigenvalue weighted by atomic mass is 16.5. The number of amides is 1. The van der Waals surface area contributed by atoms with Crippen molar-refractivity contribution in [2.24, 2.45) is 5.92 Å². The third kappa shape index (κ3) is 4.92. The first-order valence-electron chi connectivity index (χ1n) is 10.2. The Hall–Kier alpha value is -3.48. The number of rotatable bonds is 6. The van der Waals surface area contributed by atoms with E-state index in [4.69, 9.17) is 4.74 Å². The minimum atomic E-state index is -0.145. The molecule has 1 aliphatic heterocycles. The van der Waals surface area contributed by atoms with Gasteiger partial charge in [-0.25, -0.2) is 9.97 Å². The SMILES string of the molecule is CC1CCN(c2nccnc2Oc2ccc(C(=O)NCc3cccnc3)cc2)CC1. The van der Waals surface area contributed by atoms with Crippen LogP contribution in [0.15, 0.2) is 61.2 Å². The normalized spacial score (nSPS) is 14.4. The van der Waals surface area contributed by atoms with Crippen molar-refractivity contribution in [3.8, 4) is 11.6 Å². The molecule has 2 aromatic heterocycles. The topological polar surface area (TPSA) is 80.2 Å². The van der Waals surface area contributed by atoms with E-state index >= 15 is 0 Å². The first kappa shape index (κ1) is 19.8. The Kier molecular flexibility index (Phi) is 6.17. The molecule has 1 aromatic carbocycles. The molecule has 30 heavy (non-hydrogen) atoms. The summed E-state index contributed by atoms with van der Waals surface area (Å²) < 4.78 is 6.00. The van der Waals surface area contributed by atoms with E-state index in [0.717, 1.165) is 43.2 Å². The summed E-state index contributed by atoms with van der Waals surface area (Å²) in [7, 11) is 0. The minimum Gasteiger partial charge on any atom is -0.436 e. The number of hydrogen-bond acceptors (Lipinski definition) is 6. The maximum Gasteiger partial charge on any atom is 0.263 e. The number of carbonyl (C=O) groups is 1. The van der Waals surface area contributed by atoms with Crippen molar-refractivity contribution < 1.29 is 9.53 Å². The largest absolute Gasteiger partial charge is 0.436 e. The van der Waals surface area contributed by atoms with Crippen LogP contribution < -0.4 is 15.0 Å². The first-order valence-corrected chi connectivity index (χ1v) is 10.2. The van der Waals surface area contributed by atoms with Gasteiger partial charge in [0, 0.05) is 50.0 Å². The molecule has 0 saturated carbocycles. The molecule has 7 nitrogen and oxygen atoms in total. The second-order valence-corrected chi connectivity index (χ2v) is 7.53. The predicted octanol–water partition coefficient (Wildman–Crippen LogP) is 3.83. The molecule has 1 aliphatic rings. The number of carbonyl (C=O) groups excluding carboxylic acids is 1. The van der Waals surface area contributed by atoms with Crippen LogP contribution in [0.2, 0.25) is 0 Å². The minimum absolute atomic E-state index is 0.145. The van der Waals surface area contributed by atoms with Crippen LogP contribution in [0.1, 0.15) is 35.7 Å². The van der Waals surface area contributed by atoms with E-state index in [1.54, 1.807) is 49.1 Å². The fraction of sp³-hybridized carbons (Fsp3) is 0.304. The van der Waals surface area contributed by atoms with Crippen LogP contribution >= 0.6 is 0 Å². The zero-order chi connectivity index (χ0) is 20.8. The van der Waals surface area contributed by atoms with Crippen molar-refractivity contribution in [1.29, 1.82) is 0 Å². The van der Waals surface area contributed by atoms with Gasteiger partial charge in [0.25, 0.3) is 11.8 Å². The second-order valence-electron chi connectivity index (χ2n) is 7.53. The molecule has 1 saturated heterocycles. The van der Waals surface area contributed by atoms with Gasteiger partial charge < -0.3 is 15.0 Å². The number of ether oxygens (including phenoxy) is 1. The number of pyridine rings is 1. The zero-order valence-corrected chi connectivity index (χ0v) is 17.0. The second kappa shape index (κ2) is 9.35. The van der Waals surface area contributed by atoms with Crippen LogP contribution in [-0.2, 0) is 6.54 Å². The summed E-state index contributed by atoms with van der Waals surface area (Å²) in [6, 6.07) is 10.8. The molecule has 4 rings (SSSR count). The molecule has 154 valence electrons. The van der Waals surface area contributed by atoms with Crippen LogP contribution in [0, 0.1) is 5.92 Å². The molecule has 1 fully saturated rings. The number of nitrogens with zero attached hydrogens (tertiary/aromatic N) is 4. The van der Waals surface area contributed by atoms with Crippen molar-refractivity contribution in [3.05, 3.63) is 72.3 Å². The lowest BCUT2D eigenvalue weighted by Gasteiger charge is -2.31. The van der Waals surface area contributed by atoms with Gasteiger partial charge in [-0.3, -0.25) is 9.78 Å². The van der Waals surface area contributed by atoms with Gasteiger partial charge in [-0.2, -0.15) is 0 Å². The highest BCUT2D eigenvalue weighted by Crippen LogP contribution is 2.30. The van der Waals surface area contributed by atoms with E-state index in [9.17, 15) is 4.79 Å². The van der Waals surface area contributed by atoms with E-state index in [2.05, 4.69) is 32.1 Å². The summed E-state index contributed by atoms with van der Waals surface area (Å²) in [5.74, 6) is 2.46. The summed E-state index contributed by atoms with van der Waals surface area (Å²) in [5.41, 5.74) is 1.52. The van der Waals surface area contributed by atoms with E-state index < -0.39 is 0 Å². The predicted molar refractivity (Wildman–Crippen MR) is 115 cm³/mol. The maximum atomic E-state index is 12.4. The molecule has 3 aromatic rings. The van der Waals surface area contributed by atoms with Gasteiger partial charge in [0.2, 0.25) is 0 Å². The lowest BCUT2D eigenvalue weighted by atomic mass is 9.99. The van der Waals surface area contributed by atoms with Gasteiger partial charge in [-0.05, 0) is 54.7 Å². The molecule has 0 atom stereocenters. The number of anilines is 1. The van der Waals surface area contributed by atoms with Crippen molar-refractivity contribution in [2.45, 2.75) is 26.3 Å².